The lowest BCUT2D eigenvalue weighted by atomic mass is 10.0. The van der Waals surface area contributed by atoms with Crippen molar-refractivity contribution in [2.45, 2.75) is 33.4 Å². The van der Waals surface area contributed by atoms with Crippen LogP contribution in [0.3, 0.4) is 0 Å². The molecular formula is C16H21FN2O. The third-order valence-electron chi connectivity index (χ3n) is 3.45. The summed E-state index contributed by atoms with van der Waals surface area (Å²) in [6, 6.07) is 6.99. The van der Waals surface area contributed by atoms with Gasteiger partial charge in [0, 0.05) is 18.3 Å². The quantitative estimate of drug-likeness (QED) is 0.903. The van der Waals surface area contributed by atoms with Crippen LogP contribution in [0.4, 0.5) is 10.1 Å². The van der Waals surface area contributed by atoms with E-state index in [9.17, 15) is 4.39 Å². The maximum Gasteiger partial charge on any atom is 0.126 e. The van der Waals surface area contributed by atoms with Gasteiger partial charge in [0.05, 0.1) is 12.8 Å². The van der Waals surface area contributed by atoms with Crippen LogP contribution >= 0.6 is 0 Å². The van der Waals surface area contributed by atoms with E-state index in [1.165, 1.54) is 0 Å². The van der Waals surface area contributed by atoms with Crippen molar-refractivity contribution in [3.8, 4) is 0 Å². The Hall–Kier alpha value is -1.81. The maximum absolute atomic E-state index is 13.8. The van der Waals surface area contributed by atoms with Gasteiger partial charge in [-0.05, 0) is 56.2 Å². The maximum atomic E-state index is 13.8. The first-order valence-corrected chi connectivity index (χ1v) is 6.85. The number of halogens is 1. The number of hydrogen-bond donors (Lipinski definition) is 1. The average Bonchev–Trinajstić information content (AvgIpc) is 2.91. The molecule has 0 spiro atoms. The number of furan rings is 1. The summed E-state index contributed by atoms with van der Waals surface area (Å²) in [4.78, 5) is 2.14. The third-order valence-corrected chi connectivity index (χ3v) is 3.45. The largest absolute Gasteiger partial charge is 0.467 e. The van der Waals surface area contributed by atoms with Crippen molar-refractivity contribution in [1.29, 1.82) is 0 Å². The number of rotatable bonds is 5. The highest BCUT2D eigenvalue weighted by atomic mass is 19.1. The second-order valence-corrected chi connectivity index (χ2v) is 5.04. The fraction of sp³-hybridized carbons (Fsp3) is 0.375. The second-order valence-electron chi connectivity index (χ2n) is 5.04. The van der Waals surface area contributed by atoms with Gasteiger partial charge >= 0.3 is 0 Å². The van der Waals surface area contributed by atoms with Crippen LogP contribution in [0, 0.1) is 12.7 Å². The summed E-state index contributed by atoms with van der Waals surface area (Å²) in [5.41, 5.74) is 8.40. The van der Waals surface area contributed by atoms with Gasteiger partial charge in [-0.2, -0.15) is 0 Å². The van der Waals surface area contributed by atoms with E-state index in [1.807, 2.05) is 25.1 Å². The highest BCUT2D eigenvalue weighted by molar-refractivity contribution is 5.57. The Morgan fingerprint density at radius 3 is 2.70 bits per heavy atom. The monoisotopic (exact) mass is 276 g/mol. The molecule has 2 N–H and O–H groups in total. The van der Waals surface area contributed by atoms with Crippen molar-refractivity contribution in [2.75, 3.05) is 11.4 Å². The minimum atomic E-state index is -0.217. The van der Waals surface area contributed by atoms with Gasteiger partial charge < -0.3 is 15.1 Å². The highest BCUT2D eigenvalue weighted by Crippen LogP contribution is 2.29. The molecular weight excluding hydrogens is 255 g/mol. The van der Waals surface area contributed by atoms with E-state index in [-0.39, 0.29) is 11.9 Å². The second kappa shape index (κ2) is 6.09. The number of nitrogens with two attached hydrogens (primary N) is 1. The Morgan fingerprint density at radius 2 is 2.15 bits per heavy atom. The molecule has 1 heterocycles. The summed E-state index contributed by atoms with van der Waals surface area (Å²) in [5, 5.41) is 0. The van der Waals surface area contributed by atoms with E-state index < -0.39 is 0 Å². The van der Waals surface area contributed by atoms with Crippen molar-refractivity contribution in [3.05, 3.63) is 53.2 Å². The molecule has 2 aromatic rings. The number of anilines is 1. The summed E-state index contributed by atoms with van der Waals surface area (Å²) < 4.78 is 19.2. The molecule has 0 fully saturated rings. The van der Waals surface area contributed by atoms with Crippen molar-refractivity contribution in [1.82, 2.24) is 0 Å². The van der Waals surface area contributed by atoms with Gasteiger partial charge in [0.25, 0.3) is 0 Å². The molecule has 0 saturated carbocycles. The van der Waals surface area contributed by atoms with Crippen LogP contribution in [-0.4, -0.2) is 6.54 Å². The fourth-order valence-electron chi connectivity index (χ4n) is 2.28. The van der Waals surface area contributed by atoms with Gasteiger partial charge in [-0.25, -0.2) is 4.39 Å². The van der Waals surface area contributed by atoms with E-state index in [1.54, 1.807) is 19.3 Å². The van der Waals surface area contributed by atoms with Crippen LogP contribution in [-0.2, 0) is 6.54 Å². The van der Waals surface area contributed by atoms with Crippen LogP contribution in [0.25, 0.3) is 0 Å². The molecule has 0 unspecified atom stereocenters. The molecule has 1 aromatic carbocycles. The zero-order valence-corrected chi connectivity index (χ0v) is 12.2. The van der Waals surface area contributed by atoms with Crippen LogP contribution < -0.4 is 10.6 Å². The first kappa shape index (κ1) is 14.6. The van der Waals surface area contributed by atoms with E-state index in [4.69, 9.17) is 10.2 Å². The number of aryl methyl sites for hydroxylation is 1. The topological polar surface area (TPSA) is 42.4 Å². The van der Waals surface area contributed by atoms with Crippen LogP contribution in [0.15, 0.2) is 34.9 Å². The van der Waals surface area contributed by atoms with Gasteiger partial charge in [-0.1, -0.05) is 0 Å². The number of benzene rings is 1. The standard InChI is InChI=1S/C16H21FN2O/c1-4-19(10-13-6-5-7-20-13)16-8-11(2)15(17)9-14(16)12(3)18/h5-9,12H,4,10,18H2,1-3H3/t12-/m1/s1. The Bertz CT molecular complexity index is 564. The Morgan fingerprint density at radius 1 is 1.40 bits per heavy atom. The van der Waals surface area contributed by atoms with Crippen molar-refractivity contribution < 1.29 is 8.81 Å². The van der Waals surface area contributed by atoms with Crippen molar-refractivity contribution >= 4 is 5.69 Å². The van der Waals surface area contributed by atoms with Crippen LogP contribution in [0.5, 0.6) is 0 Å². The van der Waals surface area contributed by atoms with E-state index >= 15 is 0 Å². The highest BCUT2D eigenvalue weighted by Gasteiger charge is 2.16. The summed E-state index contributed by atoms with van der Waals surface area (Å²) >= 11 is 0. The Kier molecular flexibility index (Phi) is 4.45. The summed E-state index contributed by atoms with van der Waals surface area (Å²) in [6.45, 7) is 7.14. The van der Waals surface area contributed by atoms with E-state index in [0.717, 1.165) is 23.6 Å². The van der Waals surface area contributed by atoms with Crippen LogP contribution in [0.2, 0.25) is 0 Å². The van der Waals surface area contributed by atoms with E-state index in [0.29, 0.717) is 12.1 Å². The Labute approximate surface area is 119 Å². The molecule has 4 heteroatoms. The Balaban J connectivity index is 2.39. The SMILES string of the molecule is CCN(Cc1ccco1)c1cc(C)c(F)cc1[C@@H](C)N. The van der Waals surface area contributed by atoms with Gasteiger partial charge in [-0.15, -0.1) is 0 Å². The molecule has 3 nitrogen and oxygen atoms in total. The normalized spacial score (nSPS) is 12.4. The molecule has 0 saturated heterocycles. The predicted molar refractivity (Wildman–Crippen MR) is 79.2 cm³/mol. The van der Waals surface area contributed by atoms with Gasteiger partial charge in [-0.3, -0.25) is 0 Å². The van der Waals surface area contributed by atoms with Gasteiger partial charge in [0.2, 0.25) is 0 Å². The molecule has 0 bridgehead atoms. The fourth-order valence-corrected chi connectivity index (χ4v) is 2.28. The smallest absolute Gasteiger partial charge is 0.126 e. The zero-order chi connectivity index (χ0) is 14.7. The molecule has 20 heavy (non-hydrogen) atoms. The lowest BCUT2D eigenvalue weighted by molar-refractivity contribution is 0.503. The summed E-state index contributed by atoms with van der Waals surface area (Å²) in [7, 11) is 0. The van der Waals surface area contributed by atoms with Crippen molar-refractivity contribution in [3.63, 3.8) is 0 Å². The summed E-state index contributed by atoms with van der Waals surface area (Å²) in [5.74, 6) is 0.666. The average molecular weight is 276 g/mol. The minimum Gasteiger partial charge on any atom is -0.467 e. The molecule has 0 aliphatic rings. The number of nitrogens with zero attached hydrogens (tertiary/aromatic N) is 1. The first-order valence-electron chi connectivity index (χ1n) is 6.85. The third kappa shape index (κ3) is 3.02. The number of hydrogen-bond acceptors (Lipinski definition) is 3. The molecule has 0 aliphatic carbocycles. The lowest BCUT2D eigenvalue weighted by Gasteiger charge is -2.27. The minimum absolute atomic E-state index is 0.213. The lowest BCUT2D eigenvalue weighted by Crippen LogP contribution is -2.25. The zero-order valence-electron chi connectivity index (χ0n) is 12.2. The molecule has 0 aliphatic heterocycles. The van der Waals surface area contributed by atoms with E-state index in [2.05, 4.69) is 11.8 Å². The molecule has 1 aromatic heterocycles. The molecule has 108 valence electrons. The predicted octanol–water partition coefficient (Wildman–Crippen LogP) is 3.77. The molecule has 0 amide bonds. The van der Waals surface area contributed by atoms with Crippen molar-refractivity contribution in [2.24, 2.45) is 5.73 Å². The van der Waals surface area contributed by atoms with Crippen LogP contribution in [0.1, 0.15) is 36.8 Å². The summed E-state index contributed by atoms with van der Waals surface area (Å²) in [6.07, 6.45) is 1.66. The molecule has 1 atom stereocenters. The molecule has 0 radical (unpaired) electrons. The van der Waals surface area contributed by atoms with Gasteiger partial charge in [0.1, 0.15) is 11.6 Å². The molecule has 2 rings (SSSR count). The van der Waals surface area contributed by atoms with Gasteiger partial charge in [0.15, 0.2) is 0 Å². The first-order chi connectivity index (χ1) is 9.52.